The van der Waals surface area contributed by atoms with Crippen molar-refractivity contribution in [3.8, 4) is 0 Å². The number of carbonyl (C=O) groups excluding carboxylic acids is 1. The summed E-state index contributed by atoms with van der Waals surface area (Å²) in [6.45, 7) is 5.69. The maximum atomic E-state index is 12.5. The summed E-state index contributed by atoms with van der Waals surface area (Å²) in [6.07, 6.45) is 3.18. The zero-order valence-corrected chi connectivity index (χ0v) is 18.7. The van der Waals surface area contributed by atoms with Crippen LogP contribution in [-0.4, -0.2) is 42.0 Å². The van der Waals surface area contributed by atoms with Crippen molar-refractivity contribution < 1.29 is 4.79 Å². The molecule has 3 heterocycles. The molecular weight excluding hydrogens is 423 g/mol. The molecule has 2 aromatic heterocycles. The van der Waals surface area contributed by atoms with E-state index in [9.17, 15) is 4.79 Å². The van der Waals surface area contributed by atoms with Crippen LogP contribution in [0.1, 0.15) is 46.2 Å². The zero-order chi connectivity index (χ0) is 17.6. The quantitative estimate of drug-likeness (QED) is 0.673. The maximum Gasteiger partial charge on any atom is 0.270 e. The van der Waals surface area contributed by atoms with Crippen LogP contribution in [0.2, 0.25) is 0 Å². The van der Waals surface area contributed by atoms with E-state index in [1.165, 1.54) is 29.1 Å². The van der Waals surface area contributed by atoms with Crippen molar-refractivity contribution in [2.24, 2.45) is 11.7 Å². The fraction of sp³-hybridized carbons (Fsp3) is 0.556. The first-order valence-electron chi connectivity index (χ1n) is 8.87. The second kappa shape index (κ2) is 12.0. The average molecular weight is 451 g/mol. The van der Waals surface area contributed by atoms with Crippen LogP contribution >= 0.6 is 47.5 Å². The van der Waals surface area contributed by atoms with Gasteiger partial charge in [-0.2, -0.15) is 0 Å². The number of nitrogens with one attached hydrogen (secondary N) is 1. The van der Waals surface area contributed by atoms with Gasteiger partial charge < -0.3 is 11.1 Å². The van der Waals surface area contributed by atoms with E-state index in [4.69, 9.17) is 5.73 Å². The molecule has 0 aromatic carbocycles. The number of carbonyl (C=O) groups is 1. The molecule has 3 N–H and O–H groups in total. The van der Waals surface area contributed by atoms with E-state index in [1.54, 1.807) is 11.3 Å². The van der Waals surface area contributed by atoms with Crippen molar-refractivity contribution in [1.29, 1.82) is 0 Å². The number of thiophene rings is 1. The molecule has 0 bridgehead atoms. The molecule has 1 fully saturated rings. The molecule has 1 aliphatic rings. The van der Waals surface area contributed by atoms with Gasteiger partial charge in [-0.3, -0.25) is 9.69 Å². The number of rotatable bonds is 7. The second-order valence-corrected chi connectivity index (χ2v) is 8.55. The van der Waals surface area contributed by atoms with Gasteiger partial charge in [-0.15, -0.1) is 47.5 Å². The lowest BCUT2D eigenvalue weighted by Crippen LogP contribution is -2.41. The monoisotopic (exact) mass is 450 g/mol. The Hall–Kier alpha value is -0.700. The molecule has 9 heteroatoms. The minimum absolute atomic E-state index is 0. The summed E-state index contributed by atoms with van der Waals surface area (Å²) in [5, 5.41) is 7.94. The molecule has 0 saturated carbocycles. The molecule has 2 aromatic rings. The van der Waals surface area contributed by atoms with Crippen molar-refractivity contribution in [2.75, 3.05) is 26.2 Å². The number of halogens is 2. The largest absolute Gasteiger partial charge is 0.349 e. The van der Waals surface area contributed by atoms with Crippen molar-refractivity contribution in [3.63, 3.8) is 0 Å². The summed E-state index contributed by atoms with van der Waals surface area (Å²) < 4.78 is 0. The molecule has 3 rings (SSSR count). The van der Waals surface area contributed by atoms with Crippen molar-refractivity contribution >= 4 is 53.4 Å². The first kappa shape index (κ1) is 24.3. The van der Waals surface area contributed by atoms with Crippen LogP contribution in [0, 0.1) is 5.92 Å². The van der Waals surface area contributed by atoms with Gasteiger partial charge in [-0.05, 0) is 49.8 Å². The van der Waals surface area contributed by atoms with E-state index in [0.717, 1.165) is 30.4 Å². The maximum absolute atomic E-state index is 12.5. The minimum atomic E-state index is -0.0912. The highest BCUT2D eigenvalue weighted by atomic mass is 35.5. The molecule has 0 radical (unpaired) electrons. The molecule has 5 nitrogen and oxygen atoms in total. The Bertz CT molecular complexity index is 673. The van der Waals surface area contributed by atoms with E-state index < -0.39 is 0 Å². The average Bonchev–Trinajstić information content (AvgIpc) is 3.29. The van der Waals surface area contributed by atoms with Crippen LogP contribution in [-0.2, 0) is 6.42 Å². The van der Waals surface area contributed by atoms with Crippen molar-refractivity contribution in [3.05, 3.63) is 38.5 Å². The number of aromatic nitrogens is 1. The molecule has 1 amide bonds. The fourth-order valence-corrected chi connectivity index (χ4v) is 4.82. The molecule has 1 unspecified atom stereocenters. The third kappa shape index (κ3) is 6.69. The van der Waals surface area contributed by atoms with Crippen LogP contribution in [0.5, 0.6) is 0 Å². The highest BCUT2D eigenvalue weighted by Gasteiger charge is 2.26. The molecule has 0 aliphatic carbocycles. The number of hydrogen-bond acceptors (Lipinski definition) is 6. The Morgan fingerprint density at radius 1 is 1.37 bits per heavy atom. The lowest BCUT2D eigenvalue weighted by Gasteiger charge is -2.36. The summed E-state index contributed by atoms with van der Waals surface area (Å²) in [5.41, 5.74) is 6.06. The molecule has 1 saturated heterocycles. The van der Waals surface area contributed by atoms with E-state index in [-0.39, 0.29) is 36.8 Å². The van der Waals surface area contributed by atoms with Gasteiger partial charge in [0.05, 0.1) is 11.0 Å². The van der Waals surface area contributed by atoms with Crippen LogP contribution < -0.4 is 11.1 Å². The molecule has 27 heavy (non-hydrogen) atoms. The predicted molar refractivity (Wildman–Crippen MR) is 119 cm³/mol. The highest BCUT2D eigenvalue weighted by Crippen LogP contribution is 2.29. The van der Waals surface area contributed by atoms with Gasteiger partial charge in [0.2, 0.25) is 0 Å². The molecule has 0 spiro atoms. The van der Waals surface area contributed by atoms with Gasteiger partial charge in [0.1, 0.15) is 5.69 Å². The minimum Gasteiger partial charge on any atom is -0.349 e. The number of piperidine rings is 1. The van der Waals surface area contributed by atoms with E-state index in [2.05, 4.69) is 39.6 Å². The standard InChI is InChI=1S/C18H26N4OS2.2ClH/c1-13-5-8-22(9-6-13)15(16-3-2-10-24-16)11-20-18(23)14-12-25-17(21-14)4-7-19;;/h2-3,10,12-13,15H,4-9,11,19H2,1H3,(H,20,23);2*1H. The highest BCUT2D eigenvalue weighted by molar-refractivity contribution is 7.10. The van der Waals surface area contributed by atoms with Gasteiger partial charge >= 0.3 is 0 Å². The number of likely N-dealkylation sites (tertiary alicyclic amines) is 1. The lowest BCUT2D eigenvalue weighted by molar-refractivity contribution is 0.0910. The summed E-state index contributed by atoms with van der Waals surface area (Å²) in [5.74, 6) is 0.706. The first-order valence-corrected chi connectivity index (χ1v) is 10.6. The Labute approximate surface area is 181 Å². The number of thiazole rings is 1. The summed E-state index contributed by atoms with van der Waals surface area (Å²) >= 11 is 3.27. The first-order chi connectivity index (χ1) is 12.2. The number of nitrogens with zero attached hydrogens (tertiary/aromatic N) is 2. The molecular formula is C18H28Cl2N4OS2. The predicted octanol–water partition coefficient (Wildman–Crippen LogP) is 3.75. The SMILES string of the molecule is CC1CCN(C(CNC(=O)c2csc(CCN)n2)c2cccs2)CC1.Cl.Cl. The van der Waals surface area contributed by atoms with Crippen LogP contribution in [0.4, 0.5) is 0 Å². The second-order valence-electron chi connectivity index (χ2n) is 6.62. The fourth-order valence-electron chi connectivity index (χ4n) is 3.16. The Morgan fingerprint density at radius 3 is 2.74 bits per heavy atom. The Morgan fingerprint density at radius 2 is 2.11 bits per heavy atom. The molecule has 1 aliphatic heterocycles. The van der Waals surface area contributed by atoms with Gasteiger partial charge in [-0.25, -0.2) is 4.98 Å². The third-order valence-corrected chi connectivity index (χ3v) is 6.61. The summed E-state index contributed by atoms with van der Waals surface area (Å²) in [7, 11) is 0. The van der Waals surface area contributed by atoms with Gasteiger partial charge in [-0.1, -0.05) is 13.0 Å². The normalized spacial score (nSPS) is 16.2. The lowest BCUT2D eigenvalue weighted by atomic mass is 9.97. The topological polar surface area (TPSA) is 71.2 Å². The summed E-state index contributed by atoms with van der Waals surface area (Å²) in [6, 6.07) is 4.50. The zero-order valence-electron chi connectivity index (χ0n) is 15.4. The summed E-state index contributed by atoms with van der Waals surface area (Å²) in [4.78, 5) is 20.7. The van der Waals surface area contributed by atoms with Crippen molar-refractivity contribution in [1.82, 2.24) is 15.2 Å². The molecule has 152 valence electrons. The van der Waals surface area contributed by atoms with Gasteiger partial charge in [0.15, 0.2) is 0 Å². The number of amides is 1. The van der Waals surface area contributed by atoms with E-state index >= 15 is 0 Å². The van der Waals surface area contributed by atoms with E-state index in [1.807, 2.05) is 5.38 Å². The molecule has 1 atom stereocenters. The smallest absolute Gasteiger partial charge is 0.270 e. The van der Waals surface area contributed by atoms with Crippen LogP contribution in [0.3, 0.4) is 0 Å². The van der Waals surface area contributed by atoms with Gasteiger partial charge in [0.25, 0.3) is 5.91 Å². The third-order valence-electron chi connectivity index (χ3n) is 4.73. The Balaban J connectivity index is 0.00000182. The Kier molecular flexibility index (Phi) is 10.8. The van der Waals surface area contributed by atoms with Gasteiger partial charge in [0, 0.05) is 23.2 Å². The van der Waals surface area contributed by atoms with Crippen molar-refractivity contribution in [2.45, 2.75) is 32.2 Å². The number of nitrogens with two attached hydrogens (primary N) is 1. The van der Waals surface area contributed by atoms with Crippen LogP contribution in [0.25, 0.3) is 0 Å². The van der Waals surface area contributed by atoms with E-state index in [0.29, 0.717) is 18.8 Å². The number of hydrogen-bond donors (Lipinski definition) is 2. The van der Waals surface area contributed by atoms with Crippen LogP contribution in [0.15, 0.2) is 22.9 Å².